The van der Waals surface area contributed by atoms with Crippen molar-refractivity contribution in [1.82, 2.24) is 4.57 Å². The number of aromatic nitrogens is 1. The first-order valence-corrected chi connectivity index (χ1v) is 8.01. The Balaban J connectivity index is 2.58. The number of carbonyl (C=O) groups is 2. The third-order valence-corrected chi connectivity index (χ3v) is 4.31. The van der Waals surface area contributed by atoms with E-state index in [1.54, 1.807) is 48.5 Å². The van der Waals surface area contributed by atoms with Crippen LogP contribution in [0.25, 0.3) is 21.9 Å². The summed E-state index contributed by atoms with van der Waals surface area (Å²) in [6.45, 7) is 1.36. The summed E-state index contributed by atoms with van der Waals surface area (Å²) in [7, 11) is 1.20. The molecule has 26 heavy (non-hydrogen) atoms. The van der Waals surface area contributed by atoms with E-state index in [0.717, 1.165) is 4.57 Å². The van der Waals surface area contributed by atoms with Crippen LogP contribution in [0.2, 0.25) is 0 Å². The highest BCUT2D eigenvalue weighted by molar-refractivity contribution is 6.07. The van der Waals surface area contributed by atoms with Gasteiger partial charge in [0.05, 0.1) is 7.11 Å². The van der Waals surface area contributed by atoms with Crippen LogP contribution in [0, 0.1) is 0 Å². The van der Waals surface area contributed by atoms with Gasteiger partial charge < -0.3 is 9.84 Å². The van der Waals surface area contributed by atoms with Gasteiger partial charge in [-0.3, -0.25) is 9.36 Å². The number of ether oxygens (including phenoxy) is 1. The molecule has 6 nitrogen and oxygen atoms in total. The summed E-state index contributed by atoms with van der Waals surface area (Å²) in [5, 5.41) is 10.4. The zero-order valence-electron chi connectivity index (χ0n) is 14.3. The third-order valence-electron chi connectivity index (χ3n) is 4.31. The van der Waals surface area contributed by atoms with Crippen molar-refractivity contribution in [3.63, 3.8) is 0 Å². The summed E-state index contributed by atoms with van der Waals surface area (Å²) < 4.78 is 5.88. The Morgan fingerprint density at radius 2 is 1.58 bits per heavy atom. The van der Waals surface area contributed by atoms with E-state index in [2.05, 4.69) is 0 Å². The van der Waals surface area contributed by atoms with Gasteiger partial charge in [0, 0.05) is 10.9 Å². The molecule has 1 atom stereocenters. The van der Waals surface area contributed by atoms with E-state index >= 15 is 0 Å². The molecule has 0 fully saturated rings. The fraction of sp³-hybridized carbons (Fsp3) is 0.150. The molecule has 1 unspecified atom stereocenters. The Hall–Kier alpha value is -3.41. The molecule has 1 N–H and O–H groups in total. The maximum atomic E-state index is 13.0. The van der Waals surface area contributed by atoms with Crippen LogP contribution in [0.15, 0.2) is 59.4 Å². The van der Waals surface area contributed by atoms with Crippen LogP contribution >= 0.6 is 0 Å². The monoisotopic (exact) mass is 351 g/mol. The van der Waals surface area contributed by atoms with E-state index in [1.165, 1.54) is 14.0 Å². The number of hydrogen-bond donors (Lipinski definition) is 1. The molecule has 132 valence electrons. The normalized spacial score (nSPS) is 11.9. The van der Waals surface area contributed by atoms with Crippen molar-refractivity contribution in [1.29, 1.82) is 0 Å². The van der Waals surface area contributed by atoms with E-state index in [0.29, 0.717) is 21.9 Å². The molecule has 0 radical (unpaired) electrons. The maximum Gasteiger partial charge on any atom is 0.355 e. The molecule has 2 aromatic carbocycles. The summed E-state index contributed by atoms with van der Waals surface area (Å²) in [5.41, 5.74) is 0.545. The molecule has 3 rings (SSSR count). The Bertz CT molecular complexity index is 1050. The van der Waals surface area contributed by atoms with Gasteiger partial charge in [-0.15, -0.1) is 0 Å². The number of aliphatic carboxylic acids is 1. The maximum absolute atomic E-state index is 13.0. The molecule has 0 spiro atoms. The van der Waals surface area contributed by atoms with Gasteiger partial charge in [-0.2, -0.15) is 0 Å². The van der Waals surface area contributed by atoms with Crippen LogP contribution < -0.4 is 5.56 Å². The first-order valence-electron chi connectivity index (χ1n) is 8.01. The molecule has 0 aliphatic rings. The summed E-state index contributed by atoms with van der Waals surface area (Å²) >= 11 is 0. The molecule has 3 aromatic rings. The van der Waals surface area contributed by atoms with Crippen molar-refractivity contribution in [3.8, 4) is 11.1 Å². The van der Waals surface area contributed by atoms with Crippen LogP contribution in [-0.2, 0) is 9.53 Å². The fourth-order valence-electron chi connectivity index (χ4n) is 3.04. The number of carboxylic acids is 1. The average molecular weight is 351 g/mol. The summed E-state index contributed by atoms with van der Waals surface area (Å²) in [4.78, 5) is 37.2. The van der Waals surface area contributed by atoms with Gasteiger partial charge in [-0.25, -0.2) is 9.59 Å². The van der Waals surface area contributed by atoms with Crippen LogP contribution in [0.3, 0.4) is 0 Å². The highest BCUT2D eigenvalue weighted by atomic mass is 16.5. The molecule has 0 saturated heterocycles. The molecule has 0 amide bonds. The molecule has 1 aromatic heterocycles. The number of esters is 1. The number of fused-ring (bicyclic) bond motifs is 1. The summed E-state index contributed by atoms with van der Waals surface area (Å²) in [6, 6.07) is 14.6. The average Bonchev–Trinajstić information content (AvgIpc) is 2.67. The van der Waals surface area contributed by atoms with Gasteiger partial charge in [0.2, 0.25) is 0 Å². The zero-order valence-corrected chi connectivity index (χ0v) is 14.3. The number of rotatable bonds is 4. The van der Waals surface area contributed by atoms with Crippen LogP contribution in [0.1, 0.15) is 23.5 Å². The van der Waals surface area contributed by atoms with Crippen molar-refractivity contribution in [2.75, 3.05) is 7.11 Å². The van der Waals surface area contributed by atoms with Gasteiger partial charge in [0.15, 0.2) is 0 Å². The van der Waals surface area contributed by atoms with E-state index in [4.69, 9.17) is 4.74 Å². The van der Waals surface area contributed by atoms with E-state index in [9.17, 15) is 19.5 Å². The van der Waals surface area contributed by atoms with Crippen molar-refractivity contribution < 1.29 is 19.4 Å². The predicted molar refractivity (Wildman–Crippen MR) is 97.3 cm³/mol. The minimum absolute atomic E-state index is 0.0719. The zero-order chi connectivity index (χ0) is 18.8. The lowest BCUT2D eigenvalue weighted by molar-refractivity contribution is -0.140. The lowest BCUT2D eigenvalue weighted by atomic mass is 9.96. The van der Waals surface area contributed by atoms with Crippen molar-refractivity contribution in [3.05, 3.63) is 70.6 Å². The molecular formula is C20H17NO5. The van der Waals surface area contributed by atoms with E-state index in [1.807, 2.05) is 6.07 Å². The second-order valence-electron chi connectivity index (χ2n) is 5.82. The highest BCUT2D eigenvalue weighted by Gasteiger charge is 2.28. The lowest BCUT2D eigenvalue weighted by Gasteiger charge is -2.20. The smallest absolute Gasteiger partial charge is 0.355 e. The second-order valence-corrected chi connectivity index (χ2v) is 5.82. The molecule has 1 heterocycles. The Morgan fingerprint density at radius 3 is 2.15 bits per heavy atom. The first kappa shape index (κ1) is 17.4. The minimum Gasteiger partial charge on any atom is -0.480 e. The number of carbonyl (C=O) groups excluding carboxylic acids is 1. The molecule has 6 heteroatoms. The third kappa shape index (κ3) is 2.75. The van der Waals surface area contributed by atoms with Crippen molar-refractivity contribution in [2.24, 2.45) is 0 Å². The second kappa shape index (κ2) is 6.84. The summed E-state index contributed by atoms with van der Waals surface area (Å²) in [6.07, 6.45) is 0. The van der Waals surface area contributed by atoms with Crippen molar-refractivity contribution >= 4 is 22.7 Å². The Kier molecular flexibility index (Phi) is 4.58. The number of pyridine rings is 1. The van der Waals surface area contributed by atoms with Crippen LogP contribution in [0.4, 0.5) is 0 Å². The van der Waals surface area contributed by atoms with E-state index in [-0.39, 0.29) is 5.69 Å². The molecule has 0 aliphatic carbocycles. The lowest BCUT2D eigenvalue weighted by Crippen LogP contribution is -2.33. The Morgan fingerprint density at radius 1 is 1.00 bits per heavy atom. The van der Waals surface area contributed by atoms with Crippen LogP contribution in [-0.4, -0.2) is 28.7 Å². The van der Waals surface area contributed by atoms with Gasteiger partial charge in [-0.05, 0) is 23.9 Å². The number of benzene rings is 2. The first-order chi connectivity index (χ1) is 12.5. The van der Waals surface area contributed by atoms with Crippen LogP contribution in [0.5, 0.6) is 0 Å². The topological polar surface area (TPSA) is 85.6 Å². The van der Waals surface area contributed by atoms with Gasteiger partial charge in [0.25, 0.3) is 5.56 Å². The molecule has 0 saturated carbocycles. The highest BCUT2D eigenvalue weighted by Crippen LogP contribution is 2.32. The molecule has 0 bridgehead atoms. The number of nitrogens with zero attached hydrogens (tertiary/aromatic N) is 1. The molecular weight excluding hydrogens is 334 g/mol. The SMILES string of the molecule is COC(=O)c1c(-c2ccccc2)c2ccccc2c(=O)n1C(C)C(=O)O. The minimum atomic E-state index is -1.23. The Labute approximate surface area is 149 Å². The van der Waals surface area contributed by atoms with Crippen molar-refractivity contribution in [2.45, 2.75) is 13.0 Å². The number of carboxylic acid groups (broad SMARTS) is 1. The van der Waals surface area contributed by atoms with Gasteiger partial charge in [-0.1, -0.05) is 48.5 Å². The van der Waals surface area contributed by atoms with Gasteiger partial charge >= 0.3 is 11.9 Å². The molecule has 0 aliphatic heterocycles. The predicted octanol–water partition coefficient (Wildman–Crippen LogP) is 3.10. The van der Waals surface area contributed by atoms with Gasteiger partial charge in [0.1, 0.15) is 11.7 Å². The number of hydrogen-bond acceptors (Lipinski definition) is 4. The quantitative estimate of drug-likeness (QED) is 0.730. The largest absolute Gasteiger partial charge is 0.480 e. The standard InChI is InChI=1S/C20H17NO5/c1-12(19(23)24)21-17(20(25)26-2)16(13-8-4-3-5-9-13)14-10-6-7-11-15(14)18(21)22/h3-12H,1-2H3,(H,23,24). The van der Waals surface area contributed by atoms with E-state index < -0.39 is 23.5 Å². The summed E-state index contributed by atoms with van der Waals surface area (Å²) in [5.74, 6) is -1.98. The number of methoxy groups -OCH3 is 1. The fourth-order valence-corrected chi connectivity index (χ4v) is 3.04.